The third-order valence-electron chi connectivity index (χ3n) is 5.22. The number of aliphatic hydroxyl groups is 1. The normalized spacial score (nSPS) is 12.3. The molecule has 2 rings (SSSR count). The summed E-state index contributed by atoms with van der Waals surface area (Å²) < 4.78 is 18.6. The number of methoxy groups -OCH3 is 1. The van der Waals surface area contributed by atoms with Gasteiger partial charge < -0.3 is 14.7 Å². The number of para-hydroxylation sites is 1. The number of aliphatic imine (C=N–C) groups is 1. The van der Waals surface area contributed by atoms with Crippen LogP contribution in [0.4, 0.5) is 10.1 Å². The summed E-state index contributed by atoms with van der Waals surface area (Å²) in [7, 11) is 3.60. The van der Waals surface area contributed by atoms with Crippen LogP contribution in [-0.4, -0.2) is 35.1 Å². The maximum atomic E-state index is 13.0. The van der Waals surface area contributed by atoms with Crippen LogP contribution in [0.5, 0.6) is 5.75 Å². The van der Waals surface area contributed by atoms with E-state index in [1.54, 1.807) is 13.2 Å². The van der Waals surface area contributed by atoms with E-state index in [9.17, 15) is 9.50 Å². The van der Waals surface area contributed by atoms with E-state index in [4.69, 9.17) is 4.74 Å². The van der Waals surface area contributed by atoms with Gasteiger partial charge in [-0.1, -0.05) is 45.1 Å². The maximum absolute atomic E-state index is 13.0. The highest BCUT2D eigenvalue weighted by molar-refractivity contribution is 5.99. The molecule has 1 aromatic heterocycles. The Hall–Kier alpha value is -3.22. The van der Waals surface area contributed by atoms with Gasteiger partial charge in [-0.05, 0) is 30.9 Å². The van der Waals surface area contributed by atoms with Gasteiger partial charge in [0.2, 0.25) is 5.88 Å². The Morgan fingerprint density at radius 2 is 1.97 bits per heavy atom. The molecule has 0 aliphatic heterocycles. The first-order chi connectivity index (χ1) is 15.4. The Bertz CT molecular complexity index is 933. The number of ether oxygens (including phenoxy) is 1. The molecule has 0 aliphatic rings. The average Bonchev–Trinajstić information content (AvgIpc) is 2.82. The topological polar surface area (TPSA) is 70.8 Å². The smallest absolute Gasteiger partial charge is 0.215 e. The van der Waals surface area contributed by atoms with Crippen LogP contribution in [0.1, 0.15) is 50.9 Å². The molecule has 0 spiro atoms. The van der Waals surface area contributed by atoms with Crippen molar-refractivity contribution in [3.8, 4) is 5.75 Å². The lowest BCUT2D eigenvalue weighted by Crippen LogP contribution is -2.28. The minimum atomic E-state index is -0.480. The molecule has 0 saturated heterocycles. The number of amidine groups is 1. The molecule has 1 aromatic carbocycles. The number of aliphatic hydroxyl groups excluding tert-OH is 1. The third kappa shape index (κ3) is 6.64. The van der Waals surface area contributed by atoms with Crippen LogP contribution in [0.15, 0.2) is 59.7 Å². The number of benzene rings is 1. The van der Waals surface area contributed by atoms with Crippen LogP contribution in [0.2, 0.25) is 0 Å². The number of halogens is 1. The van der Waals surface area contributed by atoms with E-state index in [-0.39, 0.29) is 5.88 Å². The van der Waals surface area contributed by atoms with Crippen LogP contribution < -0.4 is 9.64 Å². The van der Waals surface area contributed by atoms with Gasteiger partial charge in [0, 0.05) is 25.5 Å². The molecule has 0 amide bonds. The van der Waals surface area contributed by atoms with Gasteiger partial charge in [0.05, 0.1) is 25.2 Å². The fourth-order valence-corrected chi connectivity index (χ4v) is 3.37. The molecule has 0 aliphatic carbocycles. The number of hydrogen-bond acceptors (Lipinski definition) is 5. The molecular weight excluding hydrogens is 407 g/mol. The zero-order valence-electron chi connectivity index (χ0n) is 19.4. The van der Waals surface area contributed by atoms with Crippen molar-refractivity contribution in [1.29, 1.82) is 0 Å². The summed E-state index contributed by atoms with van der Waals surface area (Å²) in [5.41, 5.74) is 2.66. The number of allylic oxidation sites excluding steroid dienone is 2. The molecule has 2 aromatic rings. The van der Waals surface area contributed by atoms with Gasteiger partial charge in [-0.15, -0.1) is 0 Å². The molecule has 0 bridgehead atoms. The molecule has 0 atom stereocenters. The van der Waals surface area contributed by atoms with Gasteiger partial charge in [-0.25, -0.2) is 19.4 Å². The summed E-state index contributed by atoms with van der Waals surface area (Å²) in [5, 5.41) is 10.8. The first-order valence-electron chi connectivity index (χ1n) is 10.9. The van der Waals surface area contributed by atoms with Crippen molar-refractivity contribution in [2.45, 2.75) is 52.4 Å². The third-order valence-corrected chi connectivity index (χ3v) is 5.22. The Kier molecular flexibility index (Phi) is 9.85. The Morgan fingerprint density at radius 1 is 1.25 bits per heavy atom. The lowest BCUT2D eigenvalue weighted by atomic mass is 10.1. The van der Waals surface area contributed by atoms with Gasteiger partial charge in [0.1, 0.15) is 17.4 Å². The second-order valence-corrected chi connectivity index (χ2v) is 7.38. The quantitative estimate of drug-likeness (QED) is 0.207. The molecule has 6 nitrogen and oxygen atoms in total. The number of hydrogen-bond donors (Lipinski definition) is 1. The van der Waals surface area contributed by atoms with Crippen molar-refractivity contribution < 1.29 is 14.2 Å². The van der Waals surface area contributed by atoms with Crippen LogP contribution in [0.25, 0.3) is 0 Å². The van der Waals surface area contributed by atoms with Gasteiger partial charge in [0.15, 0.2) is 5.82 Å². The lowest BCUT2D eigenvalue weighted by Gasteiger charge is -2.26. The van der Waals surface area contributed by atoms with E-state index in [1.807, 2.05) is 24.1 Å². The molecule has 172 valence electrons. The largest absolute Gasteiger partial charge is 0.495 e. The molecule has 0 unspecified atom stereocenters. The van der Waals surface area contributed by atoms with Gasteiger partial charge >= 0.3 is 0 Å². The summed E-state index contributed by atoms with van der Waals surface area (Å²) >= 11 is 0. The first kappa shape index (κ1) is 25.0. The number of aromatic nitrogens is 2. The minimum Gasteiger partial charge on any atom is -0.495 e. The average molecular weight is 441 g/mol. The van der Waals surface area contributed by atoms with Crippen molar-refractivity contribution >= 4 is 11.5 Å². The Labute approximate surface area is 190 Å². The van der Waals surface area contributed by atoms with E-state index in [0.29, 0.717) is 30.7 Å². The highest BCUT2D eigenvalue weighted by Gasteiger charge is 2.18. The zero-order chi connectivity index (χ0) is 23.5. The van der Waals surface area contributed by atoms with E-state index in [2.05, 4.69) is 41.5 Å². The molecule has 0 fully saturated rings. The van der Waals surface area contributed by atoms with Crippen LogP contribution in [0.3, 0.4) is 0 Å². The van der Waals surface area contributed by atoms with Crippen molar-refractivity contribution in [2.75, 3.05) is 19.1 Å². The summed E-state index contributed by atoms with van der Waals surface area (Å²) in [6, 6.07) is 5.97. The van der Waals surface area contributed by atoms with E-state index in [1.165, 1.54) is 0 Å². The number of aryl methyl sites for hydroxylation is 2. The fourth-order valence-electron chi connectivity index (χ4n) is 3.37. The number of unbranched alkanes of at least 4 members (excludes halogenated alkanes) is 1. The summed E-state index contributed by atoms with van der Waals surface area (Å²) in [4.78, 5) is 14.5. The molecule has 1 heterocycles. The van der Waals surface area contributed by atoms with E-state index in [0.717, 1.165) is 54.5 Å². The zero-order valence-corrected chi connectivity index (χ0v) is 19.4. The lowest BCUT2D eigenvalue weighted by molar-refractivity contribution is 0.398. The Balaban J connectivity index is 2.38. The number of anilines is 1. The second-order valence-electron chi connectivity index (χ2n) is 7.38. The van der Waals surface area contributed by atoms with E-state index < -0.39 is 5.82 Å². The van der Waals surface area contributed by atoms with Crippen molar-refractivity contribution in [2.24, 2.45) is 4.99 Å². The standard InChI is InChI=1S/C25H33FN4O2/c1-6-9-13-23(30(4)24-18(7-2)11-10-12-21(24)32-5)29-25(31)19(8-3)14-15-22-27-16-20(26)17-28-22/h8,10-12,16-17,31H,3,6-7,9,13-15H2,1-2,4-5H3/b25-19-,29-23-. The summed E-state index contributed by atoms with van der Waals surface area (Å²) in [6.07, 6.45) is 8.19. The Morgan fingerprint density at radius 3 is 2.56 bits per heavy atom. The number of nitrogens with zero attached hydrogens (tertiary/aromatic N) is 4. The monoisotopic (exact) mass is 440 g/mol. The summed E-state index contributed by atoms with van der Waals surface area (Å²) in [5.74, 6) is 1.42. The van der Waals surface area contributed by atoms with Crippen LogP contribution >= 0.6 is 0 Å². The van der Waals surface area contributed by atoms with Crippen LogP contribution in [0, 0.1) is 5.82 Å². The van der Waals surface area contributed by atoms with Crippen molar-refractivity contribution in [3.05, 3.63) is 71.9 Å². The fraction of sp³-hybridized carbons (Fsp3) is 0.400. The maximum Gasteiger partial charge on any atom is 0.215 e. The van der Waals surface area contributed by atoms with Gasteiger partial charge in [-0.3, -0.25) is 0 Å². The summed E-state index contributed by atoms with van der Waals surface area (Å²) in [6.45, 7) is 8.03. The highest BCUT2D eigenvalue weighted by Crippen LogP contribution is 2.33. The van der Waals surface area contributed by atoms with Crippen LogP contribution in [-0.2, 0) is 12.8 Å². The molecule has 0 radical (unpaired) electrons. The van der Waals surface area contributed by atoms with Gasteiger partial charge in [0.25, 0.3) is 0 Å². The van der Waals surface area contributed by atoms with Crippen molar-refractivity contribution in [3.63, 3.8) is 0 Å². The molecule has 1 N–H and O–H groups in total. The molecule has 0 saturated carbocycles. The van der Waals surface area contributed by atoms with Gasteiger partial charge in [-0.2, -0.15) is 0 Å². The SMILES string of the molecule is C=C/C(CCc1ncc(F)cn1)=C(O)\N=C(\CCCC)N(C)c1c(CC)cccc1OC. The number of rotatable bonds is 11. The molecular formula is C25H33FN4O2. The predicted octanol–water partition coefficient (Wildman–Crippen LogP) is 5.80. The molecule has 32 heavy (non-hydrogen) atoms. The highest BCUT2D eigenvalue weighted by atomic mass is 19.1. The predicted molar refractivity (Wildman–Crippen MR) is 128 cm³/mol. The van der Waals surface area contributed by atoms with E-state index >= 15 is 0 Å². The molecule has 7 heteroatoms. The van der Waals surface area contributed by atoms with Crippen molar-refractivity contribution in [1.82, 2.24) is 9.97 Å². The minimum absolute atomic E-state index is 0.0898. The first-order valence-corrected chi connectivity index (χ1v) is 10.9. The second kappa shape index (κ2) is 12.6.